The van der Waals surface area contributed by atoms with E-state index in [-0.39, 0.29) is 30.6 Å². The summed E-state index contributed by atoms with van der Waals surface area (Å²) < 4.78 is 30.2. The molecule has 130 valence electrons. The second-order valence-corrected chi connectivity index (χ2v) is 6.89. The van der Waals surface area contributed by atoms with Gasteiger partial charge in [-0.05, 0) is 24.7 Å². The maximum atomic E-state index is 11.9. The smallest absolute Gasteiger partial charge is 0.317 e. The maximum absolute atomic E-state index is 11.9. The zero-order valence-electron chi connectivity index (χ0n) is 13.4. The number of aliphatic hydroxyl groups is 1. The highest BCUT2D eigenvalue weighted by Crippen LogP contribution is 2.10. The molecule has 0 spiro atoms. The first-order chi connectivity index (χ1) is 10.8. The van der Waals surface area contributed by atoms with Crippen molar-refractivity contribution in [1.29, 1.82) is 0 Å². The first-order valence-electron chi connectivity index (χ1n) is 6.98. The molecule has 1 atom stereocenters. The van der Waals surface area contributed by atoms with E-state index in [1.165, 1.54) is 31.2 Å². The van der Waals surface area contributed by atoms with Gasteiger partial charge in [-0.2, -0.15) is 0 Å². The van der Waals surface area contributed by atoms with Gasteiger partial charge < -0.3 is 20.1 Å². The molecule has 1 aromatic rings. The first-order valence-corrected chi connectivity index (χ1v) is 8.47. The predicted octanol–water partition coefficient (Wildman–Crippen LogP) is -0.257. The number of benzene rings is 1. The number of rotatable bonds is 8. The molecule has 0 saturated heterocycles. The number of carbonyl (C=O) groups is 1. The van der Waals surface area contributed by atoms with Crippen LogP contribution in [-0.2, 0) is 21.3 Å². The molecule has 0 radical (unpaired) electrons. The number of sulfonamides is 1. The Labute approximate surface area is 136 Å². The molecule has 0 heterocycles. The average molecular weight is 345 g/mol. The van der Waals surface area contributed by atoms with E-state index in [1.807, 2.05) is 0 Å². The summed E-state index contributed by atoms with van der Waals surface area (Å²) in [5.41, 5.74) is 0.763. The standard InChI is InChI=1S/C14H23N3O5S/c1-15-23(20,21)13-6-4-11(5-7-13)8-16-14(19)17(2)9-12(18)10-22-3/h4-7,12,15,18H,8-10H2,1-3H3,(H,16,19)/t12-/m1/s1. The molecule has 23 heavy (non-hydrogen) atoms. The summed E-state index contributed by atoms with van der Waals surface area (Å²) in [6.45, 7) is 0.557. The highest BCUT2D eigenvalue weighted by atomic mass is 32.2. The Kier molecular flexibility index (Phi) is 7.43. The van der Waals surface area contributed by atoms with Crippen molar-refractivity contribution in [1.82, 2.24) is 14.9 Å². The molecule has 0 aliphatic heterocycles. The van der Waals surface area contributed by atoms with Crippen molar-refractivity contribution in [2.75, 3.05) is 34.4 Å². The van der Waals surface area contributed by atoms with Crippen LogP contribution in [0.15, 0.2) is 29.2 Å². The third-order valence-electron chi connectivity index (χ3n) is 3.14. The third kappa shape index (κ3) is 6.14. The molecule has 0 unspecified atom stereocenters. The van der Waals surface area contributed by atoms with Gasteiger partial charge in [0.25, 0.3) is 0 Å². The number of hydrogen-bond acceptors (Lipinski definition) is 5. The zero-order valence-corrected chi connectivity index (χ0v) is 14.3. The van der Waals surface area contributed by atoms with Crippen LogP contribution in [0.1, 0.15) is 5.56 Å². The van der Waals surface area contributed by atoms with Crippen LogP contribution < -0.4 is 10.0 Å². The van der Waals surface area contributed by atoms with Crippen molar-refractivity contribution < 1.29 is 23.1 Å². The SMILES string of the molecule is CNS(=O)(=O)c1ccc(CNC(=O)N(C)C[C@@H](O)COC)cc1. The van der Waals surface area contributed by atoms with Crippen molar-refractivity contribution >= 4 is 16.1 Å². The van der Waals surface area contributed by atoms with Gasteiger partial charge in [0.15, 0.2) is 0 Å². The molecule has 2 amide bonds. The summed E-state index contributed by atoms with van der Waals surface area (Å²) in [4.78, 5) is 13.4. The lowest BCUT2D eigenvalue weighted by Crippen LogP contribution is -2.42. The van der Waals surface area contributed by atoms with Crippen LogP contribution in [-0.4, -0.2) is 64.9 Å². The molecule has 1 rings (SSSR count). The normalized spacial score (nSPS) is 12.7. The fourth-order valence-corrected chi connectivity index (χ4v) is 2.59. The maximum Gasteiger partial charge on any atom is 0.317 e. The van der Waals surface area contributed by atoms with Crippen LogP contribution >= 0.6 is 0 Å². The van der Waals surface area contributed by atoms with Crippen molar-refractivity contribution in [2.45, 2.75) is 17.5 Å². The lowest BCUT2D eigenvalue weighted by atomic mass is 10.2. The number of ether oxygens (including phenoxy) is 1. The van der Waals surface area contributed by atoms with E-state index in [0.29, 0.717) is 0 Å². The van der Waals surface area contributed by atoms with Gasteiger partial charge in [0.05, 0.1) is 24.2 Å². The number of methoxy groups -OCH3 is 1. The van der Waals surface area contributed by atoms with Gasteiger partial charge in [0.2, 0.25) is 10.0 Å². The van der Waals surface area contributed by atoms with E-state index in [9.17, 15) is 18.3 Å². The number of hydrogen-bond donors (Lipinski definition) is 3. The molecule has 8 nitrogen and oxygen atoms in total. The van der Waals surface area contributed by atoms with Gasteiger partial charge in [-0.1, -0.05) is 12.1 Å². The fraction of sp³-hybridized carbons (Fsp3) is 0.500. The van der Waals surface area contributed by atoms with Crippen molar-refractivity contribution in [3.63, 3.8) is 0 Å². The van der Waals surface area contributed by atoms with Gasteiger partial charge >= 0.3 is 6.03 Å². The number of aliphatic hydroxyl groups excluding tert-OH is 1. The van der Waals surface area contributed by atoms with Crippen LogP contribution in [0.25, 0.3) is 0 Å². The monoisotopic (exact) mass is 345 g/mol. The van der Waals surface area contributed by atoms with E-state index < -0.39 is 16.1 Å². The lowest BCUT2D eigenvalue weighted by Gasteiger charge is -2.21. The molecule has 0 aromatic heterocycles. The van der Waals surface area contributed by atoms with E-state index in [1.54, 1.807) is 19.2 Å². The highest BCUT2D eigenvalue weighted by molar-refractivity contribution is 7.89. The van der Waals surface area contributed by atoms with Crippen LogP contribution in [0.5, 0.6) is 0 Å². The Morgan fingerprint density at radius 1 is 1.35 bits per heavy atom. The van der Waals surface area contributed by atoms with Crippen LogP contribution in [0.3, 0.4) is 0 Å². The molecule has 9 heteroatoms. The molecule has 0 saturated carbocycles. The number of likely N-dealkylation sites (N-methyl/N-ethyl adjacent to an activating group) is 1. The number of urea groups is 1. The molecule has 0 aliphatic carbocycles. The van der Waals surface area contributed by atoms with Crippen LogP contribution in [0, 0.1) is 0 Å². The summed E-state index contributed by atoms with van der Waals surface area (Å²) in [6.07, 6.45) is -0.748. The van der Waals surface area contributed by atoms with Gasteiger partial charge in [0.1, 0.15) is 0 Å². The van der Waals surface area contributed by atoms with Crippen molar-refractivity contribution in [2.24, 2.45) is 0 Å². The Bertz CT molecular complexity index is 603. The summed E-state index contributed by atoms with van der Waals surface area (Å²) in [5, 5.41) is 12.3. The molecule has 1 aromatic carbocycles. The minimum Gasteiger partial charge on any atom is -0.389 e. The largest absolute Gasteiger partial charge is 0.389 e. The summed E-state index contributed by atoms with van der Waals surface area (Å²) in [7, 11) is 0.920. The second-order valence-electron chi connectivity index (χ2n) is 5.00. The quantitative estimate of drug-likeness (QED) is 0.602. The second kappa shape index (κ2) is 8.82. The summed E-state index contributed by atoms with van der Waals surface area (Å²) in [6, 6.07) is 5.86. The minimum absolute atomic E-state index is 0.152. The molecular formula is C14H23N3O5S. The number of nitrogens with one attached hydrogen (secondary N) is 2. The van der Waals surface area contributed by atoms with Gasteiger partial charge in [-0.15, -0.1) is 0 Å². The first kappa shape index (κ1) is 19.4. The molecular weight excluding hydrogens is 322 g/mol. The Hall–Kier alpha value is -1.68. The fourth-order valence-electron chi connectivity index (χ4n) is 1.86. The van der Waals surface area contributed by atoms with Crippen LogP contribution in [0.4, 0.5) is 4.79 Å². The summed E-state index contributed by atoms with van der Waals surface area (Å²) >= 11 is 0. The molecule has 0 bridgehead atoms. The van der Waals surface area contributed by atoms with Crippen LogP contribution in [0.2, 0.25) is 0 Å². The highest BCUT2D eigenvalue weighted by Gasteiger charge is 2.14. The van der Waals surface area contributed by atoms with Crippen molar-refractivity contribution in [3.05, 3.63) is 29.8 Å². The topological polar surface area (TPSA) is 108 Å². The van der Waals surface area contributed by atoms with E-state index in [0.717, 1.165) is 5.56 Å². The van der Waals surface area contributed by atoms with Crippen molar-refractivity contribution in [3.8, 4) is 0 Å². The Morgan fingerprint density at radius 3 is 2.48 bits per heavy atom. The number of amides is 2. The summed E-state index contributed by atoms with van der Waals surface area (Å²) in [5.74, 6) is 0. The van der Waals surface area contributed by atoms with Gasteiger partial charge in [0, 0.05) is 20.7 Å². The van der Waals surface area contributed by atoms with Gasteiger partial charge in [-0.3, -0.25) is 0 Å². The van der Waals surface area contributed by atoms with E-state index >= 15 is 0 Å². The minimum atomic E-state index is -3.46. The van der Waals surface area contributed by atoms with Gasteiger partial charge in [-0.25, -0.2) is 17.9 Å². The number of nitrogens with zero attached hydrogens (tertiary/aromatic N) is 1. The third-order valence-corrected chi connectivity index (χ3v) is 4.57. The zero-order chi connectivity index (χ0) is 17.5. The predicted molar refractivity (Wildman–Crippen MR) is 85.4 cm³/mol. The Morgan fingerprint density at radius 2 is 1.96 bits per heavy atom. The van der Waals surface area contributed by atoms with E-state index in [2.05, 4.69) is 10.0 Å². The average Bonchev–Trinajstić information content (AvgIpc) is 2.53. The number of carbonyl (C=O) groups excluding carboxylic acids is 1. The molecule has 0 aliphatic rings. The Balaban J connectivity index is 2.53. The molecule has 3 N–H and O–H groups in total. The molecule has 0 fully saturated rings. The van der Waals surface area contributed by atoms with E-state index in [4.69, 9.17) is 4.74 Å². The lowest BCUT2D eigenvalue weighted by molar-refractivity contribution is 0.0489.